The molecule has 0 aliphatic carbocycles. The minimum absolute atomic E-state index is 0.0956. The smallest absolute Gasteiger partial charge is 0.237 e. The number of nitrogens with two attached hydrogens (primary N) is 1. The van der Waals surface area contributed by atoms with Gasteiger partial charge in [0.1, 0.15) is 5.69 Å². The fraction of sp³-hybridized carbons (Fsp3) is 0.636. The van der Waals surface area contributed by atoms with Gasteiger partial charge in [0.2, 0.25) is 5.88 Å². The Morgan fingerprint density at radius 3 is 3.06 bits per heavy atom. The second-order valence-corrected chi connectivity index (χ2v) is 4.04. The van der Waals surface area contributed by atoms with E-state index in [2.05, 4.69) is 15.4 Å². The summed E-state index contributed by atoms with van der Waals surface area (Å²) in [7, 11) is 1.58. The first-order valence-electron chi connectivity index (χ1n) is 5.77. The molecule has 0 aromatic carbocycles. The summed E-state index contributed by atoms with van der Waals surface area (Å²) in [5.41, 5.74) is 3.49. The molecule has 3 N–H and O–H groups in total. The topological polar surface area (TPSA) is 82.3 Å². The quantitative estimate of drug-likeness (QED) is 0.576. The summed E-state index contributed by atoms with van der Waals surface area (Å²) < 4.78 is 10.8. The SMILES string of the molecule is COc1nccnc1C(CC1CCCO1)NN. The van der Waals surface area contributed by atoms with Gasteiger partial charge in [-0.05, 0) is 19.3 Å². The van der Waals surface area contributed by atoms with Gasteiger partial charge in [0.25, 0.3) is 0 Å². The Balaban J connectivity index is 2.10. The standard InChI is InChI=1S/C11H18N4O2/c1-16-11-10(13-4-5-14-11)9(15-12)7-8-3-2-6-17-8/h4-5,8-9,15H,2-3,6-7,12H2,1H3. The molecular weight excluding hydrogens is 220 g/mol. The highest BCUT2D eigenvalue weighted by Gasteiger charge is 2.24. The summed E-state index contributed by atoms with van der Waals surface area (Å²) >= 11 is 0. The predicted octanol–water partition coefficient (Wildman–Crippen LogP) is 0.559. The molecular formula is C11H18N4O2. The van der Waals surface area contributed by atoms with Crippen LogP contribution in [-0.2, 0) is 4.74 Å². The monoisotopic (exact) mass is 238 g/mol. The highest BCUT2D eigenvalue weighted by atomic mass is 16.5. The number of nitrogens with one attached hydrogen (secondary N) is 1. The Morgan fingerprint density at radius 2 is 2.41 bits per heavy atom. The van der Waals surface area contributed by atoms with Crippen molar-refractivity contribution in [3.63, 3.8) is 0 Å². The van der Waals surface area contributed by atoms with Crippen LogP contribution in [0.1, 0.15) is 31.0 Å². The van der Waals surface area contributed by atoms with E-state index < -0.39 is 0 Å². The van der Waals surface area contributed by atoms with E-state index in [1.54, 1.807) is 19.5 Å². The molecule has 0 saturated carbocycles. The molecule has 6 heteroatoms. The van der Waals surface area contributed by atoms with Gasteiger partial charge in [-0.1, -0.05) is 0 Å². The first-order chi connectivity index (χ1) is 8.35. The van der Waals surface area contributed by atoms with Crippen molar-refractivity contribution < 1.29 is 9.47 Å². The molecule has 6 nitrogen and oxygen atoms in total. The first kappa shape index (κ1) is 12.2. The van der Waals surface area contributed by atoms with Gasteiger partial charge in [0.05, 0.1) is 19.3 Å². The molecule has 17 heavy (non-hydrogen) atoms. The van der Waals surface area contributed by atoms with Crippen LogP contribution in [0.5, 0.6) is 5.88 Å². The average molecular weight is 238 g/mol. The van der Waals surface area contributed by atoms with E-state index in [9.17, 15) is 0 Å². The van der Waals surface area contributed by atoms with E-state index in [1.165, 1.54) is 0 Å². The second kappa shape index (κ2) is 5.90. The number of hydrogen-bond donors (Lipinski definition) is 2. The van der Waals surface area contributed by atoms with Crippen LogP contribution in [-0.4, -0.2) is 29.8 Å². The molecule has 2 rings (SSSR count). The average Bonchev–Trinajstić information content (AvgIpc) is 2.89. The molecule has 0 radical (unpaired) electrons. The van der Waals surface area contributed by atoms with E-state index in [-0.39, 0.29) is 12.1 Å². The lowest BCUT2D eigenvalue weighted by Crippen LogP contribution is -2.32. The van der Waals surface area contributed by atoms with E-state index in [0.717, 1.165) is 31.6 Å². The minimum Gasteiger partial charge on any atom is -0.480 e. The van der Waals surface area contributed by atoms with Crippen molar-refractivity contribution in [3.05, 3.63) is 18.1 Å². The van der Waals surface area contributed by atoms with Crippen LogP contribution in [0.25, 0.3) is 0 Å². The van der Waals surface area contributed by atoms with Crippen LogP contribution >= 0.6 is 0 Å². The molecule has 2 heterocycles. The Labute approximate surface area is 101 Å². The fourth-order valence-electron chi connectivity index (χ4n) is 2.08. The van der Waals surface area contributed by atoms with Crippen molar-refractivity contribution in [2.75, 3.05) is 13.7 Å². The molecule has 1 aromatic rings. The minimum atomic E-state index is -0.0956. The predicted molar refractivity (Wildman–Crippen MR) is 62.2 cm³/mol. The Kier molecular flexibility index (Phi) is 4.24. The van der Waals surface area contributed by atoms with Crippen LogP contribution in [0.4, 0.5) is 0 Å². The first-order valence-corrected chi connectivity index (χ1v) is 5.77. The number of nitrogens with zero attached hydrogens (tertiary/aromatic N) is 2. The molecule has 1 aliphatic heterocycles. The summed E-state index contributed by atoms with van der Waals surface area (Å²) in [6.07, 6.45) is 6.44. The lowest BCUT2D eigenvalue weighted by Gasteiger charge is -2.19. The summed E-state index contributed by atoms with van der Waals surface area (Å²) in [6.45, 7) is 0.833. The van der Waals surface area contributed by atoms with Crippen LogP contribution in [0, 0.1) is 0 Å². The highest BCUT2D eigenvalue weighted by molar-refractivity contribution is 5.21. The molecule has 1 aromatic heterocycles. The molecule has 1 saturated heterocycles. The number of methoxy groups -OCH3 is 1. The fourth-order valence-corrected chi connectivity index (χ4v) is 2.08. The molecule has 2 atom stereocenters. The molecule has 2 unspecified atom stereocenters. The summed E-state index contributed by atoms with van der Waals surface area (Å²) in [5.74, 6) is 6.09. The summed E-state index contributed by atoms with van der Waals surface area (Å²) in [5, 5.41) is 0. The zero-order valence-electron chi connectivity index (χ0n) is 9.93. The van der Waals surface area contributed by atoms with Gasteiger partial charge in [-0.25, -0.2) is 4.98 Å². The van der Waals surface area contributed by atoms with Gasteiger partial charge in [0.15, 0.2) is 0 Å². The van der Waals surface area contributed by atoms with E-state index in [1.807, 2.05) is 0 Å². The van der Waals surface area contributed by atoms with E-state index in [0.29, 0.717) is 5.88 Å². The zero-order chi connectivity index (χ0) is 12.1. The van der Waals surface area contributed by atoms with Gasteiger partial charge >= 0.3 is 0 Å². The molecule has 0 amide bonds. The summed E-state index contributed by atoms with van der Waals surface area (Å²) in [4.78, 5) is 8.40. The number of ether oxygens (including phenoxy) is 2. The zero-order valence-corrected chi connectivity index (χ0v) is 9.93. The molecule has 1 fully saturated rings. The van der Waals surface area contributed by atoms with Gasteiger partial charge in [-0.3, -0.25) is 16.3 Å². The van der Waals surface area contributed by atoms with Gasteiger partial charge in [-0.15, -0.1) is 0 Å². The van der Waals surface area contributed by atoms with Crippen molar-refractivity contribution >= 4 is 0 Å². The third-order valence-electron chi connectivity index (χ3n) is 2.94. The van der Waals surface area contributed by atoms with Crippen molar-refractivity contribution in [2.24, 2.45) is 5.84 Å². The molecule has 0 bridgehead atoms. The molecule has 94 valence electrons. The second-order valence-electron chi connectivity index (χ2n) is 4.04. The Morgan fingerprint density at radius 1 is 1.59 bits per heavy atom. The maximum absolute atomic E-state index is 5.60. The number of hydrogen-bond acceptors (Lipinski definition) is 6. The van der Waals surface area contributed by atoms with Gasteiger partial charge in [0, 0.05) is 19.0 Å². The Bertz CT molecular complexity index is 355. The molecule has 1 aliphatic rings. The van der Waals surface area contributed by atoms with Crippen LogP contribution < -0.4 is 16.0 Å². The summed E-state index contributed by atoms with van der Waals surface area (Å²) in [6, 6.07) is -0.0956. The third kappa shape index (κ3) is 2.91. The van der Waals surface area contributed by atoms with Crippen LogP contribution in [0.2, 0.25) is 0 Å². The number of hydrazine groups is 1. The van der Waals surface area contributed by atoms with Crippen molar-refractivity contribution in [2.45, 2.75) is 31.4 Å². The van der Waals surface area contributed by atoms with Crippen molar-refractivity contribution in [3.8, 4) is 5.88 Å². The largest absolute Gasteiger partial charge is 0.480 e. The lowest BCUT2D eigenvalue weighted by atomic mass is 10.0. The molecule has 0 spiro atoms. The number of aromatic nitrogens is 2. The van der Waals surface area contributed by atoms with Crippen LogP contribution in [0.3, 0.4) is 0 Å². The van der Waals surface area contributed by atoms with E-state index in [4.69, 9.17) is 15.3 Å². The van der Waals surface area contributed by atoms with Crippen LogP contribution in [0.15, 0.2) is 12.4 Å². The number of rotatable bonds is 5. The highest BCUT2D eigenvalue weighted by Crippen LogP contribution is 2.27. The maximum Gasteiger partial charge on any atom is 0.237 e. The Hall–Kier alpha value is -1.24. The third-order valence-corrected chi connectivity index (χ3v) is 2.94. The van der Waals surface area contributed by atoms with E-state index >= 15 is 0 Å². The maximum atomic E-state index is 5.60. The van der Waals surface area contributed by atoms with Crippen molar-refractivity contribution in [1.29, 1.82) is 0 Å². The van der Waals surface area contributed by atoms with Gasteiger partial charge < -0.3 is 9.47 Å². The normalized spacial score (nSPS) is 21.4. The van der Waals surface area contributed by atoms with Gasteiger partial charge in [-0.2, -0.15) is 0 Å². The van der Waals surface area contributed by atoms with Crippen molar-refractivity contribution in [1.82, 2.24) is 15.4 Å². The lowest BCUT2D eigenvalue weighted by molar-refractivity contribution is 0.0937.